The molecule has 2 amide bonds. The van der Waals surface area contributed by atoms with Crippen molar-refractivity contribution >= 4 is 11.8 Å². The van der Waals surface area contributed by atoms with Gasteiger partial charge in [0.25, 0.3) is 0 Å². The molecule has 0 aliphatic heterocycles. The molecule has 0 saturated carbocycles. The Morgan fingerprint density at radius 3 is 2.33 bits per heavy atom. The van der Waals surface area contributed by atoms with Gasteiger partial charge in [0.2, 0.25) is 11.8 Å². The van der Waals surface area contributed by atoms with Gasteiger partial charge in [-0.3, -0.25) is 9.59 Å². The Balaban J connectivity index is 3.95. The molecule has 0 bridgehead atoms. The van der Waals surface area contributed by atoms with Crippen LogP contribution < -0.4 is 16.4 Å². The zero-order valence-electron chi connectivity index (χ0n) is 12.0. The lowest BCUT2D eigenvalue weighted by atomic mass is 10.1. The van der Waals surface area contributed by atoms with E-state index >= 15 is 0 Å². The van der Waals surface area contributed by atoms with E-state index in [9.17, 15) is 9.59 Å². The number of rotatable bonds is 8. The first-order chi connectivity index (χ1) is 8.36. The zero-order chi connectivity index (χ0) is 14.1. The summed E-state index contributed by atoms with van der Waals surface area (Å²) in [6.45, 7) is 8.37. The number of carbonyl (C=O) groups is 2. The molecular formula is C13H27N3O2. The largest absolute Gasteiger partial charge is 0.354 e. The number of nitrogens with two attached hydrogens (primary N) is 1. The first-order valence-corrected chi connectivity index (χ1v) is 6.69. The summed E-state index contributed by atoms with van der Waals surface area (Å²) in [5.41, 5.74) is 5.77. The van der Waals surface area contributed by atoms with E-state index in [1.807, 2.05) is 20.8 Å². The Morgan fingerprint density at radius 1 is 1.22 bits per heavy atom. The van der Waals surface area contributed by atoms with Gasteiger partial charge in [-0.05, 0) is 19.3 Å². The maximum atomic E-state index is 11.6. The molecule has 0 radical (unpaired) electrons. The Kier molecular flexibility index (Phi) is 8.37. The van der Waals surface area contributed by atoms with Crippen LogP contribution in [-0.4, -0.2) is 30.4 Å². The molecule has 0 aromatic rings. The first-order valence-electron chi connectivity index (χ1n) is 6.69. The maximum absolute atomic E-state index is 11.6. The van der Waals surface area contributed by atoms with E-state index < -0.39 is 6.04 Å². The van der Waals surface area contributed by atoms with E-state index in [-0.39, 0.29) is 24.3 Å². The third-order valence-corrected chi connectivity index (χ3v) is 2.56. The third kappa shape index (κ3) is 8.06. The van der Waals surface area contributed by atoms with Crippen molar-refractivity contribution in [1.29, 1.82) is 0 Å². The van der Waals surface area contributed by atoms with Crippen LogP contribution in [0, 0.1) is 5.92 Å². The van der Waals surface area contributed by atoms with Gasteiger partial charge in [-0.2, -0.15) is 0 Å². The van der Waals surface area contributed by atoms with Gasteiger partial charge >= 0.3 is 0 Å². The molecule has 0 aromatic carbocycles. The highest BCUT2D eigenvalue weighted by Crippen LogP contribution is 1.98. The average molecular weight is 257 g/mol. The van der Waals surface area contributed by atoms with E-state index in [0.717, 1.165) is 12.8 Å². The Labute approximate surface area is 110 Å². The van der Waals surface area contributed by atoms with Gasteiger partial charge in [-0.25, -0.2) is 0 Å². The van der Waals surface area contributed by atoms with Gasteiger partial charge < -0.3 is 16.4 Å². The smallest absolute Gasteiger partial charge is 0.242 e. The molecule has 106 valence electrons. The van der Waals surface area contributed by atoms with Gasteiger partial charge in [0.15, 0.2) is 0 Å². The van der Waals surface area contributed by atoms with Gasteiger partial charge in [-0.15, -0.1) is 0 Å². The summed E-state index contributed by atoms with van der Waals surface area (Å²) in [4.78, 5) is 23.2. The molecule has 0 aromatic heterocycles. The van der Waals surface area contributed by atoms with E-state index in [2.05, 4.69) is 10.6 Å². The summed E-state index contributed by atoms with van der Waals surface area (Å²) in [6, 6.07) is -0.633. The van der Waals surface area contributed by atoms with Gasteiger partial charge in [-0.1, -0.05) is 27.2 Å². The summed E-state index contributed by atoms with van der Waals surface area (Å²) in [5, 5.41) is 5.44. The van der Waals surface area contributed by atoms with Crippen molar-refractivity contribution in [2.45, 2.75) is 59.0 Å². The Bertz CT molecular complexity index is 267. The summed E-state index contributed by atoms with van der Waals surface area (Å²) < 4.78 is 0. The van der Waals surface area contributed by atoms with Crippen molar-refractivity contribution in [3.8, 4) is 0 Å². The second-order valence-electron chi connectivity index (χ2n) is 5.18. The van der Waals surface area contributed by atoms with E-state index in [1.54, 1.807) is 6.92 Å². The molecule has 0 spiro atoms. The van der Waals surface area contributed by atoms with Crippen LogP contribution in [0.1, 0.15) is 47.0 Å². The first kappa shape index (κ1) is 16.9. The molecule has 0 saturated heterocycles. The summed E-state index contributed by atoms with van der Waals surface area (Å²) in [6.07, 6.45) is 2.05. The number of hydrogen-bond donors (Lipinski definition) is 3. The van der Waals surface area contributed by atoms with Crippen LogP contribution in [0.5, 0.6) is 0 Å². The molecule has 0 rings (SSSR count). The Morgan fingerprint density at radius 2 is 1.83 bits per heavy atom. The van der Waals surface area contributed by atoms with Crippen LogP contribution in [0.4, 0.5) is 0 Å². The van der Waals surface area contributed by atoms with Crippen molar-refractivity contribution in [3.05, 3.63) is 0 Å². The lowest BCUT2D eigenvalue weighted by molar-refractivity contribution is -0.128. The van der Waals surface area contributed by atoms with Crippen molar-refractivity contribution in [2.75, 3.05) is 6.54 Å². The van der Waals surface area contributed by atoms with Crippen LogP contribution in [0.3, 0.4) is 0 Å². The number of nitrogens with one attached hydrogen (secondary N) is 2. The summed E-state index contributed by atoms with van der Waals surface area (Å²) in [7, 11) is 0. The lowest BCUT2D eigenvalue weighted by Gasteiger charge is -2.16. The molecule has 0 fully saturated rings. The molecule has 4 N–H and O–H groups in total. The summed E-state index contributed by atoms with van der Waals surface area (Å²) in [5.74, 6) is 0.0825. The van der Waals surface area contributed by atoms with Crippen LogP contribution in [0.15, 0.2) is 0 Å². The fourth-order valence-corrected chi connectivity index (χ4v) is 1.53. The highest BCUT2D eigenvalue weighted by atomic mass is 16.2. The highest BCUT2D eigenvalue weighted by Gasteiger charge is 2.16. The van der Waals surface area contributed by atoms with E-state index in [0.29, 0.717) is 12.5 Å². The van der Waals surface area contributed by atoms with Crippen molar-refractivity contribution in [2.24, 2.45) is 11.7 Å². The predicted molar refractivity (Wildman–Crippen MR) is 73.0 cm³/mol. The molecule has 2 unspecified atom stereocenters. The van der Waals surface area contributed by atoms with Gasteiger partial charge in [0.1, 0.15) is 6.04 Å². The SMILES string of the molecule is CCCC(N)CC(=O)NC(C)C(=O)NCC(C)C. The van der Waals surface area contributed by atoms with Gasteiger partial charge in [0, 0.05) is 19.0 Å². The fraction of sp³-hybridized carbons (Fsp3) is 0.846. The highest BCUT2D eigenvalue weighted by molar-refractivity contribution is 5.87. The topological polar surface area (TPSA) is 84.2 Å². The summed E-state index contributed by atoms with van der Waals surface area (Å²) >= 11 is 0. The van der Waals surface area contributed by atoms with Crippen LogP contribution in [0.2, 0.25) is 0 Å². The maximum Gasteiger partial charge on any atom is 0.242 e. The quantitative estimate of drug-likeness (QED) is 0.601. The van der Waals surface area contributed by atoms with Crippen molar-refractivity contribution in [1.82, 2.24) is 10.6 Å². The molecule has 0 aliphatic rings. The molecule has 18 heavy (non-hydrogen) atoms. The van der Waals surface area contributed by atoms with Crippen LogP contribution in [-0.2, 0) is 9.59 Å². The zero-order valence-corrected chi connectivity index (χ0v) is 12.0. The van der Waals surface area contributed by atoms with Crippen molar-refractivity contribution in [3.63, 3.8) is 0 Å². The van der Waals surface area contributed by atoms with E-state index in [4.69, 9.17) is 5.73 Å². The molecule has 2 atom stereocenters. The van der Waals surface area contributed by atoms with Crippen LogP contribution in [0.25, 0.3) is 0 Å². The second kappa shape index (κ2) is 8.91. The average Bonchev–Trinajstić information content (AvgIpc) is 2.25. The monoisotopic (exact) mass is 257 g/mol. The van der Waals surface area contributed by atoms with Crippen molar-refractivity contribution < 1.29 is 9.59 Å². The normalized spacial score (nSPS) is 14.1. The molecule has 5 heteroatoms. The number of hydrogen-bond acceptors (Lipinski definition) is 3. The molecule has 0 aliphatic carbocycles. The molecular weight excluding hydrogens is 230 g/mol. The fourth-order valence-electron chi connectivity index (χ4n) is 1.53. The minimum atomic E-state index is -0.509. The minimum absolute atomic E-state index is 0.124. The second-order valence-corrected chi connectivity index (χ2v) is 5.18. The minimum Gasteiger partial charge on any atom is -0.354 e. The standard InChI is InChI=1S/C13H27N3O2/c1-5-6-11(14)7-12(17)16-10(4)13(18)15-8-9(2)3/h9-11H,5-8,14H2,1-4H3,(H,15,18)(H,16,17). The van der Waals surface area contributed by atoms with Gasteiger partial charge in [0.05, 0.1) is 0 Å². The predicted octanol–water partition coefficient (Wildman–Crippen LogP) is 0.781. The third-order valence-electron chi connectivity index (χ3n) is 2.56. The molecule has 0 heterocycles. The number of amides is 2. The van der Waals surface area contributed by atoms with E-state index in [1.165, 1.54) is 0 Å². The Hall–Kier alpha value is -1.10. The molecule has 5 nitrogen and oxygen atoms in total. The lowest BCUT2D eigenvalue weighted by Crippen LogP contribution is -2.46. The van der Waals surface area contributed by atoms with Crippen LogP contribution >= 0.6 is 0 Å². The number of carbonyl (C=O) groups excluding carboxylic acids is 2.